The lowest BCUT2D eigenvalue weighted by atomic mass is 10.0. The van der Waals surface area contributed by atoms with Crippen molar-refractivity contribution < 1.29 is 18.5 Å². The maximum atomic E-state index is 12.6. The highest BCUT2D eigenvalue weighted by atomic mass is 16.6. The molecule has 0 saturated heterocycles. The van der Waals surface area contributed by atoms with Crippen LogP contribution < -0.4 is 0 Å². The Kier molecular flexibility index (Phi) is 5.41. The van der Waals surface area contributed by atoms with Gasteiger partial charge >= 0.3 is 5.97 Å². The van der Waals surface area contributed by atoms with Crippen LogP contribution in [0.1, 0.15) is 52.9 Å². The highest BCUT2D eigenvalue weighted by Gasteiger charge is 2.26. The first-order chi connectivity index (χ1) is 15.0. The van der Waals surface area contributed by atoms with E-state index in [2.05, 4.69) is 24.0 Å². The number of carbonyl (C=O) groups excluding carboxylic acids is 1. The van der Waals surface area contributed by atoms with Crippen molar-refractivity contribution in [2.45, 2.75) is 33.3 Å². The van der Waals surface area contributed by atoms with Crippen LogP contribution in [0.25, 0.3) is 17.3 Å². The van der Waals surface area contributed by atoms with Crippen LogP contribution in [0, 0.1) is 18.3 Å². The zero-order valence-electron chi connectivity index (χ0n) is 17.3. The minimum absolute atomic E-state index is 0.0789. The largest absolute Gasteiger partial charge is 0.452 e. The first-order valence-electron chi connectivity index (χ1n) is 9.74. The summed E-state index contributed by atoms with van der Waals surface area (Å²) in [5, 5.41) is 13.5. The van der Waals surface area contributed by atoms with E-state index in [-0.39, 0.29) is 29.5 Å². The average Bonchev–Trinajstić information content (AvgIpc) is 3.51. The quantitative estimate of drug-likeness (QED) is 0.416. The molecule has 3 heterocycles. The van der Waals surface area contributed by atoms with Gasteiger partial charge in [-0.2, -0.15) is 10.2 Å². The molecule has 0 aliphatic heterocycles. The summed E-state index contributed by atoms with van der Waals surface area (Å²) in [5.41, 5.74) is 2.20. The van der Waals surface area contributed by atoms with E-state index in [9.17, 15) is 10.1 Å². The molecule has 31 heavy (non-hydrogen) atoms. The summed E-state index contributed by atoms with van der Waals surface area (Å²) in [6.45, 7) is 5.63. The molecule has 0 N–H and O–H groups in total. The van der Waals surface area contributed by atoms with Gasteiger partial charge in [-0.15, -0.1) is 0 Å². The van der Waals surface area contributed by atoms with E-state index in [1.807, 2.05) is 30.3 Å². The maximum absolute atomic E-state index is 12.6. The number of furan rings is 1. The van der Waals surface area contributed by atoms with Crippen LogP contribution in [0.3, 0.4) is 0 Å². The summed E-state index contributed by atoms with van der Waals surface area (Å²) < 4.78 is 17.8. The van der Waals surface area contributed by atoms with Gasteiger partial charge in [0.25, 0.3) is 5.89 Å². The Morgan fingerprint density at radius 1 is 1.23 bits per heavy atom. The summed E-state index contributed by atoms with van der Waals surface area (Å²) in [6, 6.07) is 13.5. The average molecular weight is 416 g/mol. The minimum atomic E-state index is -0.697. The number of hydrogen-bond acceptors (Lipinski definition) is 7. The van der Waals surface area contributed by atoms with Crippen molar-refractivity contribution in [1.29, 1.82) is 5.26 Å². The van der Waals surface area contributed by atoms with Crippen LogP contribution in [0.15, 0.2) is 57.7 Å². The molecule has 1 aromatic carbocycles. The second-order valence-electron chi connectivity index (χ2n) is 7.28. The van der Waals surface area contributed by atoms with Gasteiger partial charge in [0.2, 0.25) is 11.7 Å². The lowest BCUT2D eigenvalue weighted by molar-refractivity contribution is 0.0427. The Hall–Kier alpha value is -4.12. The van der Waals surface area contributed by atoms with Gasteiger partial charge in [0.15, 0.2) is 6.61 Å². The Morgan fingerprint density at radius 2 is 1.94 bits per heavy atom. The molecule has 156 valence electrons. The fraction of sp³-hybridized carbons (Fsp3) is 0.217. The van der Waals surface area contributed by atoms with Crippen LogP contribution in [-0.4, -0.2) is 20.7 Å². The number of aromatic nitrogens is 3. The number of hydrogen-bond donors (Lipinski definition) is 0. The molecule has 0 radical (unpaired) electrons. The van der Waals surface area contributed by atoms with E-state index in [0.29, 0.717) is 17.5 Å². The number of benzene rings is 1. The molecule has 0 amide bonds. The number of aryl methyl sites for hydroxylation is 1. The van der Waals surface area contributed by atoms with Gasteiger partial charge in [0, 0.05) is 18.0 Å². The standard InChI is InChI=1S/C23H20N4O4/c1-14(2)16-6-8-17(9-7-16)21-25-19(31-26-21)13-29-23(28)20-15(3)30-22(18(20)12-24)27-10-4-5-11-27/h4-11,14H,13H2,1-3H3. The monoisotopic (exact) mass is 416 g/mol. The summed E-state index contributed by atoms with van der Waals surface area (Å²) in [5.74, 6) is 0.854. The summed E-state index contributed by atoms with van der Waals surface area (Å²) in [4.78, 5) is 16.9. The molecule has 0 aliphatic carbocycles. The van der Waals surface area contributed by atoms with Gasteiger partial charge in [-0.3, -0.25) is 4.57 Å². The smallest absolute Gasteiger partial charge is 0.343 e. The normalized spacial score (nSPS) is 10.9. The molecule has 8 heteroatoms. The second-order valence-corrected chi connectivity index (χ2v) is 7.28. The van der Waals surface area contributed by atoms with Gasteiger partial charge in [-0.25, -0.2) is 4.79 Å². The number of ether oxygens (including phenoxy) is 1. The molecule has 0 fully saturated rings. The Labute approximate surface area is 178 Å². The first-order valence-corrected chi connectivity index (χ1v) is 9.74. The highest BCUT2D eigenvalue weighted by molar-refractivity contribution is 5.94. The molecule has 0 atom stereocenters. The van der Waals surface area contributed by atoms with Crippen LogP contribution in [0.5, 0.6) is 0 Å². The van der Waals surface area contributed by atoms with E-state index in [0.717, 1.165) is 5.56 Å². The molecule has 8 nitrogen and oxygen atoms in total. The van der Waals surface area contributed by atoms with Crippen LogP contribution in [-0.2, 0) is 11.3 Å². The first kappa shape index (κ1) is 20.2. The van der Waals surface area contributed by atoms with Gasteiger partial charge in [-0.05, 0) is 30.5 Å². The van der Waals surface area contributed by atoms with E-state index >= 15 is 0 Å². The fourth-order valence-electron chi connectivity index (χ4n) is 3.18. The maximum Gasteiger partial charge on any atom is 0.343 e. The predicted octanol–water partition coefficient (Wildman–Crippen LogP) is 4.78. The molecule has 0 unspecified atom stereocenters. The van der Waals surface area contributed by atoms with E-state index in [1.165, 1.54) is 5.56 Å². The van der Waals surface area contributed by atoms with Crippen LogP contribution in [0.2, 0.25) is 0 Å². The SMILES string of the molecule is Cc1oc(-n2cccc2)c(C#N)c1C(=O)OCc1nc(-c2ccc(C(C)C)cc2)no1. The van der Waals surface area contributed by atoms with E-state index < -0.39 is 5.97 Å². The number of esters is 1. The third kappa shape index (κ3) is 3.98. The van der Waals surface area contributed by atoms with Crippen molar-refractivity contribution in [1.82, 2.24) is 14.7 Å². The zero-order valence-corrected chi connectivity index (χ0v) is 17.3. The Balaban J connectivity index is 1.48. The number of rotatable bonds is 6. The van der Waals surface area contributed by atoms with Crippen molar-refractivity contribution in [3.8, 4) is 23.3 Å². The van der Waals surface area contributed by atoms with Crippen molar-refractivity contribution in [2.75, 3.05) is 0 Å². The summed E-state index contributed by atoms with van der Waals surface area (Å²) in [7, 11) is 0. The van der Waals surface area contributed by atoms with Crippen molar-refractivity contribution >= 4 is 5.97 Å². The Bertz CT molecular complexity index is 1240. The fourth-order valence-corrected chi connectivity index (χ4v) is 3.18. The molecule has 0 saturated carbocycles. The molecule has 4 rings (SSSR count). The van der Waals surface area contributed by atoms with Crippen molar-refractivity contribution in [3.63, 3.8) is 0 Å². The Morgan fingerprint density at radius 3 is 2.58 bits per heavy atom. The minimum Gasteiger partial charge on any atom is -0.452 e. The lowest BCUT2D eigenvalue weighted by Crippen LogP contribution is -2.08. The highest BCUT2D eigenvalue weighted by Crippen LogP contribution is 2.26. The molecular formula is C23H20N4O4. The molecular weight excluding hydrogens is 396 g/mol. The molecule has 4 aromatic rings. The molecule has 3 aromatic heterocycles. The van der Waals surface area contributed by atoms with Crippen LogP contribution >= 0.6 is 0 Å². The van der Waals surface area contributed by atoms with Crippen LogP contribution in [0.4, 0.5) is 0 Å². The predicted molar refractivity (Wildman–Crippen MR) is 110 cm³/mol. The lowest BCUT2D eigenvalue weighted by Gasteiger charge is -2.04. The van der Waals surface area contributed by atoms with Gasteiger partial charge in [-0.1, -0.05) is 43.3 Å². The van der Waals surface area contributed by atoms with E-state index in [1.54, 1.807) is 36.0 Å². The van der Waals surface area contributed by atoms with Gasteiger partial charge in [0.1, 0.15) is 23.0 Å². The molecule has 0 bridgehead atoms. The van der Waals surface area contributed by atoms with Gasteiger partial charge in [0.05, 0.1) is 0 Å². The van der Waals surface area contributed by atoms with E-state index in [4.69, 9.17) is 13.7 Å². The summed E-state index contributed by atoms with van der Waals surface area (Å²) in [6.07, 6.45) is 3.45. The third-order valence-electron chi connectivity index (χ3n) is 4.85. The molecule has 0 spiro atoms. The number of nitrogens with zero attached hydrogens (tertiary/aromatic N) is 4. The van der Waals surface area contributed by atoms with Gasteiger partial charge < -0.3 is 13.7 Å². The zero-order chi connectivity index (χ0) is 22.0. The van der Waals surface area contributed by atoms with Crippen molar-refractivity contribution in [2.24, 2.45) is 0 Å². The second kappa shape index (κ2) is 8.32. The molecule has 0 aliphatic rings. The summed E-state index contributed by atoms with van der Waals surface area (Å²) >= 11 is 0. The van der Waals surface area contributed by atoms with Crippen molar-refractivity contribution in [3.05, 3.63) is 77.1 Å². The number of carbonyl (C=O) groups is 1. The topological polar surface area (TPSA) is 107 Å². The third-order valence-corrected chi connectivity index (χ3v) is 4.85. The number of nitriles is 1.